The van der Waals surface area contributed by atoms with E-state index >= 15 is 0 Å². The van der Waals surface area contributed by atoms with Gasteiger partial charge in [-0.2, -0.15) is 0 Å². The lowest BCUT2D eigenvalue weighted by Gasteiger charge is -2.34. The standard InChI is InChI=1S/C17H23NO4S/c1-12-9-13(17(20)21)11-18(10-12)16(19)7-8-23-15-5-3-14(22-2)4-6-15/h3-6,12-13H,7-11H2,1-2H3,(H,20,21). The molecule has 23 heavy (non-hydrogen) atoms. The Morgan fingerprint density at radius 3 is 2.61 bits per heavy atom. The summed E-state index contributed by atoms with van der Waals surface area (Å²) in [5, 5.41) is 9.17. The minimum absolute atomic E-state index is 0.0452. The maximum atomic E-state index is 12.3. The van der Waals surface area contributed by atoms with E-state index in [1.54, 1.807) is 23.8 Å². The second-order valence-electron chi connectivity index (χ2n) is 5.95. The highest BCUT2D eigenvalue weighted by molar-refractivity contribution is 7.99. The van der Waals surface area contributed by atoms with Gasteiger partial charge in [0.25, 0.3) is 0 Å². The molecular weight excluding hydrogens is 314 g/mol. The summed E-state index contributed by atoms with van der Waals surface area (Å²) in [5.41, 5.74) is 0. The quantitative estimate of drug-likeness (QED) is 0.809. The number of nitrogens with zero attached hydrogens (tertiary/aromatic N) is 1. The first-order valence-electron chi connectivity index (χ1n) is 7.77. The minimum Gasteiger partial charge on any atom is -0.497 e. The first-order chi connectivity index (χ1) is 11.0. The van der Waals surface area contributed by atoms with Crippen LogP contribution in [0.15, 0.2) is 29.2 Å². The van der Waals surface area contributed by atoms with Crippen molar-refractivity contribution in [2.24, 2.45) is 11.8 Å². The Bertz CT molecular complexity index is 546. The Kier molecular flexibility index (Phi) is 6.33. The topological polar surface area (TPSA) is 66.8 Å². The van der Waals surface area contributed by atoms with E-state index < -0.39 is 11.9 Å². The van der Waals surface area contributed by atoms with Crippen molar-refractivity contribution in [2.75, 3.05) is 26.0 Å². The van der Waals surface area contributed by atoms with E-state index in [2.05, 4.69) is 0 Å². The summed E-state index contributed by atoms with van der Waals surface area (Å²) in [4.78, 5) is 26.3. The molecule has 126 valence electrons. The molecule has 2 rings (SSSR count). The van der Waals surface area contributed by atoms with E-state index in [-0.39, 0.29) is 11.8 Å². The lowest BCUT2D eigenvalue weighted by molar-refractivity contribution is -0.146. The molecule has 0 radical (unpaired) electrons. The first-order valence-corrected chi connectivity index (χ1v) is 8.75. The number of methoxy groups -OCH3 is 1. The van der Waals surface area contributed by atoms with Gasteiger partial charge in [-0.3, -0.25) is 9.59 Å². The number of thioether (sulfide) groups is 1. The molecule has 0 aliphatic carbocycles. The van der Waals surface area contributed by atoms with Gasteiger partial charge in [0.2, 0.25) is 5.91 Å². The number of carboxylic acids is 1. The zero-order valence-corrected chi connectivity index (χ0v) is 14.3. The van der Waals surface area contributed by atoms with Gasteiger partial charge in [0.15, 0.2) is 0 Å². The fourth-order valence-corrected chi connectivity index (χ4v) is 3.66. The van der Waals surface area contributed by atoms with Gasteiger partial charge in [-0.1, -0.05) is 6.92 Å². The molecule has 1 heterocycles. The summed E-state index contributed by atoms with van der Waals surface area (Å²) in [7, 11) is 1.63. The van der Waals surface area contributed by atoms with E-state index in [1.165, 1.54) is 0 Å². The Morgan fingerprint density at radius 1 is 1.30 bits per heavy atom. The highest BCUT2D eigenvalue weighted by Crippen LogP contribution is 2.24. The lowest BCUT2D eigenvalue weighted by atomic mass is 9.90. The Balaban J connectivity index is 1.80. The van der Waals surface area contributed by atoms with E-state index in [4.69, 9.17) is 4.74 Å². The second kappa shape index (κ2) is 8.24. The van der Waals surface area contributed by atoms with Crippen LogP contribution in [-0.4, -0.2) is 47.8 Å². The number of carbonyl (C=O) groups is 2. The average Bonchev–Trinajstić information content (AvgIpc) is 2.54. The van der Waals surface area contributed by atoms with Crippen molar-refractivity contribution in [3.05, 3.63) is 24.3 Å². The smallest absolute Gasteiger partial charge is 0.308 e. The fraction of sp³-hybridized carbons (Fsp3) is 0.529. The molecule has 0 aromatic heterocycles. The molecule has 2 atom stereocenters. The summed E-state index contributed by atoms with van der Waals surface area (Å²) < 4.78 is 5.11. The molecule has 1 saturated heterocycles. The third-order valence-electron chi connectivity index (χ3n) is 4.01. The minimum atomic E-state index is -0.804. The Labute approximate surface area is 141 Å². The molecule has 0 bridgehead atoms. The first kappa shape index (κ1) is 17.7. The number of carbonyl (C=O) groups excluding carboxylic acids is 1. The fourth-order valence-electron chi connectivity index (χ4n) is 2.82. The van der Waals surface area contributed by atoms with Crippen molar-refractivity contribution in [3.63, 3.8) is 0 Å². The molecule has 1 aromatic rings. The molecule has 1 N–H and O–H groups in total. The van der Waals surface area contributed by atoms with Crippen LogP contribution in [0.2, 0.25) is 0 Å². The third-order valence-corrected chi connectivity index (χ3v) is 5.02. The van der Waals surface area contributed by atoms with E-state index in [0.29, 0.717) is 31.7 Å². The number of rotatable bonds is 6. The molecule has 5 nitrogen and oxygen atoms in total. The van der Waals surface area contributed by atoms with Gasteiger partial charge < -0.3 is 14.7 Å². The lowest BCUT2D eigenvalue weighted by Crippen LogP contribution is -2.45. The molecule has 1 aromatic carbocycles. The number of hydrogen-bond donors (Lipinski definition) is 1. The predicted octanol–water partition coefficient (Wildman–Crippen LogP) is 2.75. The summed E-state index contributed by atoms with van der Waals surface area (Å²) in [6.07, 6.45) is 1.08. The normalized spacial score (nSPS) is 21.0. The monoisotopic (exact) mass is 337 g/mol. The number of piperidine rings is 1. The average molecular weight is 337 g/mol. The van der Waals surface area contributed by atoms with Gasteiger partial charge in [0.05, 0.1) is 13.0 Å². The second-order valence-corrected chi connectivity index (χ2v) is 7.12. The van der Waals surface area contributed by atoms with Crippen LogP contribution in [0, 0.1) is 11.8 Å². The number of hydrogen-bond acceptors (Lipinski definition) is 4. The van der Waals surface area contributed by atoms with Crippen LogP contribution in [0.25, 0.3) is 0 Å². The van der Waals surface area contributed by atoms with Crippen LogP contribution in [0.1, 0.15) is 19.8 Å². The summed E-state index contributed by atoms with van der Waals surface area (Å²) in [5.74, 6) is 0.548. The maximum absolute atomic E-state index is 12.3. The van der Waals surface area contributed by atoms with E-state index in [9.17, 15) is 14.7 Å². The van der Waals surface area contributed by atoms with Crippen LogP contribution >= 0.6 is 11.8 Å². The molecule has 1 aliphatic rings. The van der Waals surface area contributed by atoms with Crippen molar-refractivity contribution < 1.29 is 19.4 Å². The van der Waals surface area contributed by atoms with Crippen LogP contribution in [0.4, 0.5) is 0 Å². The predicted molar refractivity (Wildman–Crippen MR) is 89.8 cm³/mol. The molecule has 1 aliphatic heterocycles. The highest BCUT2D eigenvalue weighted by atomic mass is 32.2. The van der Waals surface area contributed by atoms with Crippen LogP contribution in [-0.2, 0) is 9.59 Å². The van der Waals surface area contributed by atoms with Gasteiger partial charge in [0, 0.05) is 30.2 Å². The van der Waals surface area contributed by atoms with Gasteiger partial charge in [-0.15, -0.1) is 11.8 Å². The summed E-state index contributed by atoms with van der Waals surface area (Å²) >= 11 is 1.62. The van der Waals surface area contributed by atoms with Crippen LogP contribution in [0.3, 0.4) is 0 Å². The van der Waals surface area contributed by atoms with Crippen molar-refractivity contribution in [1.82, 2.24) is 4.90 Å². The third kappa shape index (κ3) is 5.16. The zero-order chi connectivity index (χ0) is 16.8. The summed E-state index contributed by atoms with van der Waals surface area (Å²) in [6.45, 7) is 3.00. The molecule has 2 unspecified atom stereocenters. The molecule has 6 heteroatoms. The Morgan fingerprint density at radius 2 is 2.00 bits per heavy atom. The van der Waals surface area contributed by atoms with Crippen molar-refractivity contribution in [3.8, 4) is 5.75 Å². The Hall–Kier alpha value is -1.69. The number of aliphatic carboxylic acids is 1. The van der Waals surface area contributed by atoms with Gasteiger partial charge in [-0.25, -0.2) is 0 Å². The number of ether oxygens (including phenoxy) is 1. The molecule has 1 amide bonds. The number of benzene rings is 1. The number of amides is 1. The van der Waals surface area contributed by atoms with Crippen LogP contribution < -0.4 is 4.74 Å². The van der Waals surface area contributed by atoms with Gasteiger partial charge in [-0.05, 0) is 36.6 Å². The van der Waals surface area contributed by atoms with Crippen LogP contribution in [0.5, 0.6) is 5.75 Å². The highest BCUT2D eigenvalue weighted by Gasteiger charge is 2.31. The summed E-state index contributed by atoms with van der Waals surface area (Å²) in [6, 6.07) is 7.73. The number of carboxylic acid groups (broad SMARTS) is 1. The molecule has 1 fully saturated rings. The maximum Gasteiger partial charge on any atom is 0.308 e. The van der Waals surface area contributed by atoms with E-state index in [0.717, 1.165) is 10.6 Å². The van der Waals surface area contributed by atoms with Gasteiger partial charge in [0.1, 0.15) is 5.75 Å². The SMILES string of the molecule is COc1ccc(SCCC(=O)N2CC(C)CC(C(=O)O)C2)cc1. The van der Waals surface area contributed by atoms with Gasteiger partial charge >= 0.3 is 5.97 Å². The number of likely N-dealkylation sites (tertiary alicyclic amines) is 1. The largest absolute Gasteiger partial charge is 0.497 e. The molecular formula is C17H23NO4S. The van der Waals surface area contributed by atoms with Crippen molar-refractivity contribution in [1.29, 1.82) is 0 Å². The van der Waals surface area contributed by atoms with E-state index in [1.807, 2.05) is 31.2 Å². The zero-order valence-electron chi connectivity index (χ0n) is 13.5. The molecule has 0 saturated carbocycles. The van der Waals surface area contributed by atoms with Crippen molar-refractivity contribution in [2.45, 2.75) is 24.7 Å². The van der Waals surface area contributed by atoms with Crippen molar-refractivity contribution >= 4 is 23.6 Å². The molecule has 0 spiro atoms.